The van der Waals surface area contributed by atoms with E-state index in [0.717, 1.165) is 5.69 Å². The van der Waals surface area contributed by atoms with Gasteiger partial charge in [0.1, 0.15) is 12.5 Å². The Balaban J connectivity index is 0.000000170. The van der Waals surface area contributed by atoms with Crippen LogP contribution in [0.1, 0.15) is 11.4 Å². The molecule has 5 N–H and O–H groups in total. The van der Waals surface area contributed by atoms with Gasteiger partial charge in [-0.05, 0) is 38.1 Å². The Bertz CT molecular complexity index is 1160. The van der Waals surface area contributed by atoms with Crippen molar-refractivity contribution >= 4 is 27.3 Å². The first kappa shape index (κ1) is 21.7. The number of nitrogens with two attached hydrogens (primary N) is 2. The van der Waals surface area contributed by atoms with Crippen LogP contribution < -0.4 is 22.6 Å². The van der Waals surface area contributed by atoms with Crippen LogP contribution in [0.5, 0.6) is 0 Å². The lowest BCUT2D eigenvalue weighted by molar-refractivity contribution is 0.522. The van der Waals surface area contributed by atoms with Crippen molar-refractivity contribution in [2.75, 3.05) is 11.5 Å². The smallest absolute Gasteiger partial charge is 0.308 e. The molecular weight excluding hydrogens is 444 g/mol. The molecule has 0 unspecified atom stereocenters. The highest BCUT2D eigenvalue weighted by atomic mass is 79.9. The zero-order chi connectivity index (χ0) is 21.4. The van der Waals surface area contributed by atoms with Crippen LogP contribution in [0.25, 0.3) is 6.01 Å². The summed E-state index contributed by atoms with van der Waals surface area (Å²) in [5, 5.41) is 0. The Morgan fingerprint density at radius 3 is 2.10 bits per heavy atom. The zero-order valence-electron chi connectivity index (χ0n) is 15.6. The molecule has 0 aliphatic heterocycles. The van der Waals surface area contributed by atoms with Crippen LogP contribution in [-0.4, -0.2) is 19.5 Å². The first-order chi connectivity index (χ1) is 13.8. The molecule has 0 spiro atoms. The van der Waals surface area contributed by atoms with Gasteiger partial charge in [0.2, 0.25) is 0 Å². The molecule has 0 radical (unpaired) electrons. The van der Waals surface area contributed by atoms with Gasteiger partial charge in [-0.15, -0.1) is 0 Å². The molecule has 0 aromatic carbocycles. The molecule has 0 amide bonds. The van der Waals surface area contributed by atoms with E-state index in [1.165, 1.54) is 16.9 Å². The number of oxazole rings is 2. The minimum absolute atomic E-state index is 0.170. The van der Waals surface area contributed by atoms with Crippen LogP contribution in [0.2, 0.25) is 0 Å². The van der Waals surface area contributed by atoms with E-state index in [1.54, 1.807) is 43.8 Å². The van der Waals surface area contributed by atoms with E-state index in [1.807, 2.05) is 6.92 Å². The molecular formula is C18H19BrN6O4. The number of hydrogen-bond donors (Lipinski definition) is 3. The second kappa shape index (κ2) is 10.1. The number of aryl methyl sites for hydroxylation is 2. The van der Waals surface area contributed by atoms with Crippen molar-refractivity contribution in [1.82, 2.24) is 19.5 Å². The summed E-state index contributed by atoms with van der Waals surface area (Å²) in [4.78, 5) is 32.8. The fraction of sp³-hybridized carbons (Fsp3) is 0.111. The van der Waals surface area contributed by atoms with Crippen LogP contribution >= 0.6 is 15.9 Å². The summed E-state index contributed by atoms with van der Waals surface area (Å²) in [5.74, 6) is 0. The van der Waals surface area contributed by atoms with Crippen molar-refractivity contribution in [3.63, 3.8) is 0 Å². The molecule has 10 nitrogen and oxygen atoms in total. The second-order valence-corrected chi connectivity index (χ2v) is 6.28. The first-order valence-electron chi connectivity index (χ1n) is 8.18. The van der Waals surface area contributed by atoms with Crippen LogP contribution in [0, 0.1) is 13.8 Å². The van der Waals surface area contributed by atoms with Crippen LogP contribution in [-0.2, 0) is 0 Å². The highest BCUT2D eigenvalue weighted by Crippen LogP contribution is 2.06. The number of aromatic nitrogens is 4. The minimum atomic E-state index is -0.325. The minimum Gasteiger partial charge on any atom is -0.439 e. The fourth-order valence-electron chi connectivity index (χ4n) is 1.87. The zero-order valence-corrected chi connectivity index (χ0v) is 17.2. The quantitative estimate of drug-likeness (QED) is 0.388. The maximum atomic E-state index is 11.5. The Morgan fingerprint density at radius 2 is 1.66 bits per heavy atom. The molecule has 29 heavy (non-hydrogen) atoms. The molecule has 0 saturated heterocycles. The van der Waals surface area contributed by atoms with Crippen LogP contribution in [0.3, 0.4) is 0 Å². The van der Waals surface area contributed by atoms with Gasteiger partial charge in [0.25, 0.3) is 15.9 Å². The molecule has 11 heteroatoms. The fourth-order valence-corrected chi connectivity index (χ4v) is 2.25. The monoisotopic (exact) mass is 462 g/mol. The number of pyridine rings is 2. The van der Waals surface area contributed by atoms with Crippen molar-refractivity contribution in [2.45, 2.75) is 13.8 Å². The van der Waals surface area contributed by atoms with Crippen molar-refractivity contribution < 1.29 is 8.83 Å². The molecule has 152 valence electrons. The van der Waals surface area contributed by atoms with Gasteiger partial charge >= 0.3 is 6.01 Å². The molecule has 4 aromatic rings. The predicted molar refractivity (Wildman–Crippen MR) is 112 cm³/mol. The van der Waals surface area contributed by atoms with E-state index in [0.29, 0.717) is 10.5 Å². The average molecular weight is 463 g/mol. The predicted octanol–water partition coefficient (Wildman–Crippen LogP) is 2.42. The third-order valence-corrected chi connectivity index (χ3v) is 3.59. The lowest BCUT2D eigenvalue weighted by atomic mass is 10.4. The average Bonchev–Trinajstić information content (AvgIpc) is 3.28. The summed E-state index contributed by atoms with van der Waals surface area (Å²) in [6.07, 6.45) is 6.16. The van der Waals surface area contributed by atoms with Gasteiger partial charge in [0, 0.05) is 28.3 Å². The molecule has 4 rings (SSSR count). The van der Waals surface area contributed by atoms with Crippen LogP contribution in [0.15, 0.2) is 72.4 Å². The van der Waals surface area contributed by atoms with Crippen molar-refractivity contribution in [2.24, 2.45) is 0 Å². The van der Waals surface area contributed by atoms with Gasteiger partial charge in [-0.3, -0.25) is 9.59 Å². The Kier molecular flexibility index (Phi) is 7.54. The number of aromatic amines is 1. The molecule has 4 aromatic heterocycles. The molecule has 0 aliphatic carbocycles. The maximum Gasteiger partial charge on any atom is 0.308 e. The Hall–Kier alpha value is -3.60. The van der Waals surface area contributed by atoms with Crippen LogP contribution in [0.4, 0.5) is 11.4 Å². The molecule has 0 atom stereocenters. The van der Waals surface area contributed by atoms with Gasteiger partial charge in [-0.25, -0.2) is 9.55 Å². The third kappa shape index (κ3) is 6.50. The number of nitrogens with one attached hydrogen (secondary N) is 1. The van der Waals surface area contributed by atoms with Gasteiger partial charge in [-0.2, -0.15) is 4.98 Å². The van der Waals surface area contributed by atoms with Crippen molar-refractivity contribution in [3.05, 3.63) is 86.1 Å². The topological polar surface area (TPSA) is 159 Å². The number of anilines is 2. The summed E-state index contributed by atoms with van der Waals surface area (Å²) in [5.41, 5.74) is 12.1. The van der Waals surface area contributed by atoms with Gasteiger partial charge < -0.3 is 25.3 Å². The number of nitrogen functional groups attached to an aromatic ring is 2. The summed E-state index contributed by atoms with van der Waals surface area (Å²) in [6, 6.07) is 6.67. The highest BCUT2D eigenvalue weighted by molar-refractivity contribution is 9.10. The first-order valence-corrected chi connectivity index (χ1v) is 8.97. The number of halogens is 1. The van der Waals surface area contributed by atoms with Crippen molar-refractivity contribution in [1.29, 1.82) is 0 Å². The van der Waals surface area contributed by atoms with E-state index in [-0.39, 0.29) is 28.5 Å². The third-order valence-electron chi connectivity index (χ3n) is 3.23. The second-order valence-electron chi connectivity index (χ2n) is 5.61. The summed E-state index contributed by atoms with van der Waals surface area (Å²) < 4.78 is 11.1. The Labute approximate surface area is 173 Å². The van der Waals surface area contributed by atoms with Gasteiger partial charge in [0.05, 0.1) is 22.8 Å². The standard InChI is InChI=1S/C9H9N3O2.C5H6N2O.C4H4BrNO/c1-6-5-14-9(11-6)12-4-2-3-7(10)8(12)13;6-4-2-1-3-7-5(4)8;1-3-2-7-4(5)6-3/h2-5H,10H2,1H3;1-3H,6H2,(H,7,8);2H,1H3. The van der Waals surface area contributed by atoms with Gasteiger partial charge in [0.15, 0.2) is 0 Å². The van der Waals surface area contributed by atoms with E-state index < -0.39 is 0 Å². The lowest BCUT2D eigenvalue weighted by Crippen LogP contribution is -2.20. The number of H-pyrrole nitrogens is 1. The van der Waals surface area contributed by atoms with Crippen molar-refractivity contribution in [3.8, 4) is 6.01 Å². The maximum absolute atomic E-state index is 11.5. The molecule has 0 aliphatic rings. The summed E-state index contributed by atoms with van der Waals surface area (Å²) in [7, 11) is 0. The van der Waals surface area contributed by atoms with E-state index >= 15 is 0 Å². The summed E-state index contributed by atoms with van der Waals surface area (Å²) in [6.45, 7) is 3.65. The number of rotatable bonds is 1. The van der Waals surface area contributed by atoms with Gasteiger partial charge in [-0.1, -0.05) is 0 Å². The lowest BCUT2D eigenvalue weighted by Gasteiger charge is -1.99. The normalized spacial score (nSPS) is 9.76. The van der Waals surface area contributed by atoms with E-state index in [9.17, 15) is 9.59 Å². The Morgan fingerprint density at radius 1 is 1.00 bits per heavy atom. The highest BCUT2D eigenvalue weighted by Gasteiger charge is 2.06. The molecule has 4 heterocycles. The largest absolute Gasteiger partial charge is 0.439 e. The number of nitrogens with zero attached hydrogens (tertiary/aromatic N) is 3. The SMILES string of the molecule is Cc1coc(-n2cccc(N)c2=O)n1.Cc1coc(Br)n1.Nc1ccc[nH]c1=O. The molecule has 0 saturated carbocycles. The summed E-state index contributed by atoms with van der Waals surface area (Å²) >= 11 is 3.05. The molecule has 0 bridgehead atoms. The molecule has 0 fully saturated rings. The number of hydrogen-bond acceptors (Lipinski definition) is 8. The van der Waals surface area contributed by atoms with E-state index in [4.69, 9.17) is 20.3 Å². The van der Waals surface area contributed by atoms with E-state index in [2.05, 4.69) is 30.9 Å².